The van der Waals surface area contributed by atoms with Crippen molar-refractivity contribution in [3.63, 3.8) is 0 Å². The van der Waals surface area contributed by atoms with Gasteiger partial charge in [0.25, 0.3) is 0 Å². The lowest BCUT2D eigenvalue weighted by molar-refractivity contribution is 0.473. The standard InChI is InChI=1S/C19H24N4OS.C3H7N.C2H6/c1-11(2)15-7-6-14(9-15)10-20-18-19(23-25-22-18)21-16-8-5-12(3)13(4)17(16)24;1-3-4-2;1-2/h5,7-9,11,24H,6,10H2,1-4H3,(H,20,22)(H,21,23);3-4H,1H2,2H3;1-2H3. The number of aryl methyl sites for hydroxylation is 1. The van der Waals surface area contributed by atoms with Gasteiger partial charge >= 0.3 is 0 Å². The molecule has 1 aliphatic carbocycles. The van der Waals surface area contributed by atoms with Crippen LogP contribution in [0.3, 0.4) is 0 Å². The van der Waals surface area contributed by atoms with E-state index in [4.69, 9.17) is 0 Å². The summed E-state index contributed by atoms with van der Waals surface area (Å²) in [5, 5.41) is 19.5. The van der Waals surface area contributed by atoms with Crippen LogP contribution in [0.5, 0.6) is 5.75 Å². The Bertz CT molecular complexity index is 899. The Kier molecular flexibility index (Phi) is 11.4. The number of rotatable bonds is 7. The molecule has 1 aromatic carbocycles. The third kappa shape index (κ3) is 7.75. The van der Waals surface area contributed by atoms with Crippen molar-refractivity contribution in [1.29, 1.82) is 0 Å². The summed E-state index contributed by atoms with van der Waals surface area (Å²) < 4.78 is 8.63. The van der Waals surface area contributed by atoms with Gasteiger partial charge in [0.2, 0.25) is 0 Å². The van der Waals surface area contributed by atoms with E-state index in [1.165, 1.54) is 11.1 Å². The number of nitrogens with zero attached hydrogens (tertiary/aromatic N) is 2. The molecule has 31 heavy (non-hydrogen) atoms. The summed E-state index contributed by atoms with van der Waals surface area (Å²) in [5.74, 6) is 2.16. The fourth-order valence-electron chi connectivity index (χ4n) is 2.74. The molecule has 1 heterocycles. The Morgan fingerprint density at radius 3 is 2.42 bits per heavy atom. The van der Waals surface area contributed by atoms with Gasteiger partial charge in [-0.05, 0) is 60.7 Å². The van der Waals surface area contributed by atoms with Crippen LogP contribution in [0.1, 0.15) is 45.2 Å². The average Bonchev–Trinajstić information content (AvgIpc) is 3.43. The largest absolute Gasteiger partial charge is 0.505 e. The molecule has 0 atom stereocenters. The zero-order chi connectivity index (χ0) is 23.4. The van der Waals surface area contributed by atoms with Gasteiger partial charge in [-0.25, -0.2) is 0 Å². The highest BCUT2D eigenvalue weighted by atomic mass is 32.1. The van der Waals surface area contributed by atoms with Crippen molar-refractivity contribution in [2.45, 2.75) is 48.0 Å². The highest BCUT2D eigenvalue weighted by Crippen LogP contribution is 2.33. The topological polar surface area (TPSA) is 82.1 Å². The minimum Gasteiger partial charge on any atom is -0.505 e. The average molecular weight is 444 g/mol. The number of phenols is 1. The molecule has 0 saturated carbocycles. The molecule has 0 fully saturated rings. The summed E-state index contributed by atoms with van der Waals surface area (Å²) in [4.78, 5) is 0. The number of nitrogens with one attached hydrogen (secondary N) is 3. The maximum absolute atomic E-state index is 10.3. The van der Waals surface area contributed by atoms with Crippen LogP contribution in [-0.2, 0) is 0 Å². The molecule has 0 spiro atoms. The van der Waals surface area contributed by atoms with E-state index >= 15 is 0 Å². The van der Waals surface area contributed by atoms with Crippen LogP contribution in [0.25, 0.3) is 0 Å². The van der Waals surface area contributed by atoms with Crippen LogP contribution < -0.4 is 16.0 Å². The first-order valence-corrected chi connectivity index (χ1v) is 11.4. The number of anilines is 3. The van der Waals surface area contributed by atoms with Crippen molar-refractivity contribution in [2.24, 2.45) is 5.92 Å². The molecule has 0 unspecified atom stereocenters. The van der Waals surface area contributed by atoms with Gasteiger partial charge in [-0.15, -0.1) is 0 Å². The van der Waals surface area contributed by atoms with Gasteiger partial charge in [0, 0.05) is 13.6 Å². The predicted molar refractivity (Wildman–Crippen MR) is 135 cm³/mol. The van der Waals surface area contributed by atoms with E-state index in [1.807, 2.05) is 46.9 Å². The molecule has 170 valence electrons. The number of hydrogen-bond donors (Lipinski definition) is 4. The first-order valence-electron chi connectivity index (χ1n) is 10.7. The number of phenolic OH excluding ortho intramolecular Hbond substituents is 1. The van der Waals surface area contributed by atoms with Crippen molar-refractivity contribution in [3.8, 4) is 5.75 Å². The van der Waals surface area contributed by atoms with E-state index in [-0.39, 0.29) is 5.75 Å². The van der Waals surface area contributed by atoms with E-state index in [0.717, 1.165) is 35.8 Å². The number of allylic oxidation sites excluding steroid dienone is 3. The molecule has 0 saturated heterocycles. The van der Waals surface area contributed by atoms with Gasteiger partial charge in [-0.2, -0.15) is 8.75 Å². The molecule has 3 rings (SSSR count). The highest BCUT2D eigenvalue weighted by molar-refractivity contribution is 6.99. The molecule has 0 amide bonds. The molecule has 0 bridgehead atoms. The second-order valence-corrected chi connectivity index (χ2v) is 7.73. The van der Waals surface area contributed by atoms with Crippen molar-refractivity contribution >= 4 is 29.1 Å². The van der Waals surface area contributed by atoms with Crippen LogP contribution in [0.2, 0.25) is 0 Å². The Morgan fingerprint density at radius 2 is 1.84 bits per heavy atom. The summed E-state index contributed by atoms with van der Waals surface area (Å²) >= 11 is 1.15. The minimum absolute atomic E-state index is 0.253. The van der Waals surface area contributed by atoms with Crippen molar-refractivity contribution in [2.75, 3.05) is 24.2 Å². The molecular formula is C24H37N5OS. The molecule has 6 nitrogen and oxygen atoms in total. The number of aromatic nitrogens is 2. The van der Waals surface area contributed by atoms with E-state index in [0.29, 0.717) is 23.2 Å². The summed E-state index contributed by atoms with van der Waals surface area (Å²) in [6.45, 7) is 16.4. The van der Waals surface area contributed by atoms with Crippen LogP contribution in [0.4, 0.5) is 17.3 Å². The monoisotopic (exact) mass is 443 g/mol. The second kappa shape index (κ2) is 13.5. The van der Waals surface area contributed by atoms with Crippen LogP contribution >= 0.6 is 11.7 Å². The van der Waals surface area contributed by atoms with Gasteiger partial charge < -0.3 is 21.1 Å². The first kappa shape index (κ1) is 26.2. The molecule has 0 aliphatic heterocycles. The highest BCUT2D eigenvalue weighted by Gasteiger charge is 2.14. The summed E-state index contributed by atoms with van der Waals surface area (Å²) in [7, 11) is 1.81. The maximum Gasteiger partial charge on any atom is 0.188 e. The van der Waals surface area contributed by atoms with Gasteiger partial charge in [0.1, 0.15) is 5.75 Å². The zero-order valence-electron chi connectivity index (χ0n) is 19.8. The van der Waals surface area contributed by atoms with Crippen LogP contribution in [-0.4, -0.2) is 27.4 Å². The zero-order valence-corrected chi connectivity index (χ0v) is 20.7. The lowest BCUT2D eigenvalue weighted by Gasteiger charge is -2.12. The molecule has 4 N–H and O–H groups in total. The molecule has 7 heteroatoms. The van der Waals surface area contributed by atoms with Gasteiger partial charge in [0.15, 0.2) is 11.6 Å². The summed E-state index contributed by atoms with van der Waals surface area (Å²) in [6, 6.07) is 3.84. The number of benzene rings is 1. The Balaban J connectivity index is 0.000000720. The second-order valence-electron chi connectivity index (χ2n) is 7.20. The van der Waals surface area contributed by atoms with E-state index in [9.17, 15) is 5.11 Å². The van der Waals surface area contributed by atoms with Crippen molar-refractivity contribution < 1.29 is 5.11 Å². The number of aromatic hydroxyl groups is 1. The summed E-state index contributed by atoms with van der Waals surface area (Å²) in [5.41, 5.74) is 5.30. The normalized spacial score (nSPS) is 12.0. The SMILES string of the molecule is C=CNC.CC.Cc1ccc(Nc2nsnc2NCC2=CC(C(C)C)=CC2)c(O)c1C. The molecule has 0 radical (unpaired) electrons. The Labute approximate surface area is 191 Å². The lowest BCUT2D eigenvalue weighted by atomic mass is 10.1. The van der Waals surface area contributed by atoms with Gasteiger partial charge in [-0.1, -0.05) is 52.5 Å². The van der Waals surface area contributed by atoms with Crippen molar-refractivity contribution in [1.82, 2.24) is 14.1 Å². The third-order valence-corrected chi connectivity index (χ3v) is 5.30. The Morgan fingerprint density at radius 1 is 1.19 bits per heavy atom. The minimum atomic E-state index is 0.253. The fourth-order valence-corrected chi connectivity index (χ4v) is 3.23. The molecule has 1 aliphatic rings. The molecule has 2 aromatic rings. The van der Waals surface area contributed by atoms with Crippen molar-refractivity contribution in [3.05, 3.63) is 59.3 Å². The quantitative estimate of drug-likeness (QED) is 0.376. The van der Waals surface area contributed by atoms with Crippen LogP contribution in [0.15, 0.2) is 48.2 Å². The first-order chi connectivity index (χ1) is 14.9. The predicted octanol–water partition coefficient (Wildman–Crippen LogP) is 6.30. The third-order valence-electron chi connectivity index (χ3n) is 4.77. The van der Waals surface area contributed by atoms with Crippen LogP contribution in [0, 0.1) is 19.8 Å². The van der Waals surface area contributed by atoms with E-state index in [1.54, 1.807) is 6.20 Å². The van der Waals surface area contributed by atoms with Gasteiger partial charge in [-0.3, -0.25) is 0 Å². The summed E-state index contributed by atoms with van der Waals surface area (Å²) in [6.07, 6.45) is 7.16. The van der Waals surface area contributed by atoms with Gasteiger partial charge in [0.05, 0.1) is 17.4 Å². The van der Waals surface area contributed by atoms with E-state index in [2.05, 4.69) is 57.3 Å². The van der Waals surface area contributed by atoms with E-state index < -0.39 is 0 Å². The molecule has 1 aromatic heterocycles. The Hall–Kier alpha value is -2.80. The fraction of sp³-hybridized carbons (Fsp3) is 0.417. The number of hydrogen-bond acceptors (Lipinski definition) is 7. The smallest absolute Gasteiger partial charge is 0.188 e. The maximum atomic E-state index is 10.3. The lowest BCUT2D eigenvalue weighted by Crippen LogP contribution is -2.06. The molecular weight excluding hydrogens is 406 g/mol.